The van der Waals surface area contributed by atoms with E-state index in [2.05, 4.69) is 35.3 Å². The first-order chi connectivity index (χ1) is 14.8. The molecule has 2 fully saturated rings. The summed E-state index contributed by atoms with van der Waals surface area (Å²) in [5.41, 5.74) is 2.41. The first-order valence-electron chi connectivity index (χ1n) is 12.3. The molecule has 31 heavy (non-hydrogen) atoms. The summed E-state index contributed by atoms with van der Waals surface area (Å²) in [7, 11) is 6.32. The monoisotopic (exact) mass is 435 g/mol. The minimum absolute atomic E-state index is 0.0731. The maximum absolute atomic E-state index is 13.9. The Kier molecular flexibility index (Phi) is 14.7. The van der Waals surface area contributed by atoms with Gasteiger partial charge in [0, 0.05) is 25.8 Å². The van der Waals surface area contributed by atoms with E-state index < -0.39 is 0 Å². The fraction of sp³-hybridized carbons (Fsp3) is 0.704. The Balaban J connectivity index is 0.00000116. The van der Waals surface area contributed by atoms with Gasteiger partial charge in [0.1, 0.15) is 5.82 Å². The summed E-state index contributed by atoms with van der Waals surface area (Å²) >= 11 is 0. The summed E-state index contributed by atoms with van der Waals surface area (Å²) in [5, 5.41) is 0. The molecule has 1 aromatic rings. The fourth-order valence-electron chi connectivity index (χ4n) is 4.39. The van der Waals surface area contributed by atoms with Gasteiger partial charge in [-0.1, -0.05) is 40.7 Å². The van der Waals surface area contributed by atoms with Crippen molar-refractivity contribution in [3.8, 4) is 0 Å². The zero-order chi connectivity index (χ0) is 24.0. The van der Waals surface area contributed by atoms with Crippen LogP contribution in [0.4, 0.5) is 10.1 Å². The van der Waals surface area contributed by atoms with Crippen LogP contribution in [-0.2, 0) is 5.41 Å². The molecule has 0 amide bonds. The lowest BCUT2D eigenvalue weighted by molar-refractivity contribution is 0.0790. The van der Waals surface area contributed by atoms with Crippen LogP contribution in [0.15, 0.2) is 30.9 Å². The number of hydrogen-bond acceptors (Lipinski definition) is 3. The maximum atomic E-state index is 13.9. The van der Waals surface area contributed by atoms with Crippen molar-refractivity contribution in [2.75, 3.05) is 52.2 Å². The second-order valence-electron chi connectivity index (χ2n) is 8.60. The van der Waals surface area contributed by atoms with E-state index >= 15 is 0 Å². The molecule has 0 spiro atoms. The van der Waals surface area contributed by atoms with E-state index in [1.165, 1.54) is 31.5 Å². The van der Waals surface area contributed by atoms with Crippen molar-refractivity contribution >= 4 is 5.69 Å². The molecule has 0 N–H and O–H groups in total. The predicted octanol–water partition coefficient (Wildman–Crippen LogP) is 6.58. The standard InChI is InChI=1S/C20H32FN3.C3H6.2C2H6/c1-20(18-15-16(21)5-6-19(18)22(2)3)9-13-24(14-10-20)17-7-11-23(4)12-8-17;1-3-2;2*1-2/h5-6,15,17H,7-14H2,1-4H3;3H,1H2,2H3;2*1-2H3. The smallest absolute Gasteiger partial charge is 0.123 e. The topological polar surface area (TPSA) is 9.72 Å². The molecular formula is C27H50FN3. The molecule has 2 heterocycles. The van der Waals surface area contributed by atoms with Gasteiger partial charge in [-0.05, 0) is 95.0 Å². The van der Waals surface area contributed by atoms with E-state index in [1.807, 2.05) is 54.8 Å². The highest BCUT2D eigenvalue weighted by Gasteiger charge is 2.36. The summed E-state index contributed by atoms with van der Waals surface area (Å²) in [6.07, 6.45) is 6.56. The number of rotatable bonds is 3. The third kappa shape index (κ3) is 8.94. The molecule has 2 saturated heterocycles. The number of nitrogens with zero attached hydrogens (tertiary/aromatic N) is 3. The van der Waals surface area contributed by atoms with Gasteiger partial charge in [0.2, 0.25) is 0 Å². The SMILES string of the molecule is C=CC.CC.CC.CN1CCC(N2CCC(C)(c3cc(F)ccc3N(C)C)CC2)CC1. The highest BCUT2D eigenvalue weighted by molar-refractivity contribution is 5.56. The molecule has 4 heteroatoms. The Labute approximate surface area is 193 Å². The molecule has 0 atom stereocenters. The quantitative estimate of drug-likeness (QED) is 0.496. The van der Waals surface area contributed by atoms with E-state index in [1.54, 1.807) is 18.2 Å². The number of benzene rings is 1. The molecule has 180 valence electrons. The molecule has 3 nitrogen and oxygen atoms in total. The Bertz CT molecular complexity index is 598. The lowest BCUT2D eigenvalue weighted by Gasteiger charge is -2.45. The lowest BCUT2D eigenvalue weighted by Crippen LogP contribution is -2.49. The van der Waals surface area contributed by atoms with Crippen molar-refractivity contribution in [3.05, 3.63) is 42.2 Å². The Morgan fingerprint density at radius 3 is 1.97 bits per heavy atom. The van der Waals surface area contributed by atoms with Crippen LogP contribution in [0, 0.1) is 5.82 Å². The van der Waals surface area contributed by atoms with Gasteiger partial charge in [-0.15, -0.1) is 6.58 Å². The first kappa shape index (κ1) is 29.6. The van der Waals surface area contributed by atoms with Crippen molar-refractivity contribution < 1.29 is 4.39 Å². The Morgan fingerprint density at radius 2 is 1.52 bits per heavy atom. The largest absolute Gasteiger partial charge is 0.377 e. The maximum Gasteiger partial charge on any atom is 0.123 e. The molecule has 0 saturated carbocycles. The summed E-state index contributed by atoms with van der Waals surface area (Å²) < 4.78 is 13.9. The molecule has 0 aliphatic carbocycles. The van der Waals surface area contributed by atoms with E-state index in [0.29, 0.717) is 0 Å². The van der Waals surface area contributed by atoms with Gasteiger partial charge in [0.05, 0.1) is 0 Å². The van der Waals surface area contributed by atoms with Crippen molar-refractivity contribution in [1.82, 2.24) is 9.80 Å². The highest BCUT2D eigenvalue weighted by atomic mass is 19.1. The second-order valence-corrected chi connectivity index (χ2v) is 8.60. The average molecular weight is 436 g/mol. The van der Waals surface area contributed by atoms with Crippen molar-refractivity contribution in [1.29, 1.82) is 0 Å². The van der Waals surface area contributed by atoms with E-state index in [9.17, 15) is 4.39 Å². The normalized spacial score (nSPS) is 18.9. The van der Waals surface area contributed by atoms with Gasteiger partial charge in [-0.25, -0.2) is 4.39 Å². The van der Waals surface area contributed by atoms with Crippen molar-refractivity contribution in [2.24, 2.45) is 0 Å². The van der Waals surface area contributed by atoms with Gasteiger partial charge in [0.25, 0.3) is 0 Å². The lowest BCUT2D eigenvalue weighted by atomic mass is 9.73. The number of allylic oxidation sites excluding steroid dienone is 1. The summed E-state index contributed by atoms with van der Waals surface area (Å²) in [5.74, 6) is -0.116. The molecule has 2 aliphatic rings. The van der Waals surface area contributed by atoms with Crippen molar-refractivity contribution in [3.63, 3.8) is 0 Å². The molecule has 3 rings (SSSR count). The molecule has 2 aliphatic heterocycles. The predicted molar refractivity (Wildman–Crippen MR) is 138 cm³/mol. The van der Waals surface area contributed by atoms with E-state index in [4.69, 9.17) is 0 Å². The van der Waals surface area contributed by atoms with Crippen LogP contribution in [-0.4, -0.2) is 63.2 Å². The minimum atomic E-state index is -0.116. The molecule has 0 bridgehead atoms. The van der Waals surface area contributed by atoms with Gasteiger partial charge < -0.3 is 14.7 Å². The minimum Gasteiger partial charge on any atom is -0.377 e. The molecule has 1 aromatic carbocycles. The molecular weight excluding hydrogens is 385 g/mol. The summed E-state index contributed by atoms with van der Waals surface area (Å²) in [6.45, 7) is 20.3. The van der Waals surface area contributed by atoms with Crippen molar-refractivity contribution in [2.45, 2.75) is 78.7 Å². The number of halogens is 1. The highest BCUT2D eigenvalue weighted by Crippen LogP contribution is 2.41. The molecule has 0 radical (unpaired) electrons. The zero-order valence-corrected chi connectivity index (χ0v) is 22.0. The van der Waals surface area contributed by atoms with Gasteiger partial charge in [-0.3, -0.25) is 0 Å². The van der Waals surface area contributed by atoms with Crippen LogP contribution in [0.3, 0.4) is 0 Å². The molecule has 0 unspecified atom stereocenters. The summed E-state index contributed by atoms with van der Waals surface area (Å²) in [4.78, 5) is 7.23. The number of piperidine rings is 2. The fourth-order valence-corrected chi connectivity index (χ4v) is 4.39. The third-order valence-electron chi connectivity index (χ3n) is 6.20. The number of hydrogen-bond donors (Lipinski definition) is 0. The van der Waals surface area contributed by atoms with Crippen LogP contribution in [0.25, 0.3) is 0 Å². The zero-order valence-electron chi connectivity index (χ0n) is 22.0. The van der Waals surface area contributed by atoms with Crippen LogP contribution >= 0.6 is 0 Å². The Morgan fingerprint density at radius 1 is 1.03 bits per heavy atom. The van der Waals surface area contributed by atoms with E-state index in [0.717, 1.165) is 37.7 Å². The average Bonchev–Trinajstić information content (AvgIpc) is 2.78. The second kappa shape index (κ2) is 15.4. The van der Waals surface area contributed by atoms with Gasteiger partial charge in [0.15, 0.2) is 0 Å². The van der Waals surface area contributed by atoms with Gasteiger partial charge in [-0.2, -0.15) is 0 Å². The molecule has 0 aromatic heterocycles. The van der Waals surface area contributed by atoms with Crippen LogP contribution in [0.2, 0.25) is 0 Å². The van der Waals surface area contributed by atoms with Crippen LogP contribution < -0.4 is 4.90 Å². The van der Waals surface area contributed by atoms with Gasteiger partial charge >= 0.3 is 0 Å². The van der Waals surface area contributed by atoms with E-state index in [-0.39, 0.29) is 11.2 Å². The van der Waals surface area contributed by atoms with Crippen LogP contribution in [0.5, 0.6) is 0 Å². The third-order valence-corrected chi connectivity index (χ3v) is 6.20. The summed E-state index contributed by atoms with van der Waals surface area (Å²) in [6, 6.07) is 6.02. The van der Waals surface area contributed by atoms with Crippen LogP contribution in [0.1, 0.15) is 72.8 Å². The number of anilines is 1. The first-order valence-corrected chi connectivity index (χ1v) is 12.3. The number of likely N-dealkylation sites (tertiary alicyclic amines) is 2. The Hall–Kier alpha value is -1.39.